The first-order chi connectivity index (χ1) is 10.8. The summed E-state index contributed by atoms with van der Waals surface area (Å²) in [5, 5.41) is 3.53. The first-order valence-corrected chi connectivity index (χ1v) is 8.01. The van der Waals surface area contributed by atoms with Gasteiger partial charge in [0, 0.05) is 30.6 Å². The van der Waals surface area contributed by atoms with E-state index in [9.17, 15) is 0 Å². The molecular formula is C19H25N3. The van der Waals surface area contributed by atoms with Gasteiger partial charge in [0.25, 0.3) is 0 Å². The lowest BCUT2D eigenvalue weighted by molar-refractivity contribution is 0.684. The number of hydrogen-bond acceptors (Lipinski definition) is 3. The maximum Gasteiger partial charge on any atom is 0.0888 e. The zero-order valence-corrected chi connectivity index (χ0v) is 13.7. The third-order valence-electron chi connectivity index (χ3n) is 3.84. The van der Waals surface area contributed by atoms with Gasteiger partial charge in [-0.25, -0.2) is 0 Å². The minimum Gasteiger partial charge on any atom is -0.383 e. The van der Waals surface area contributed by atoms with Crippen molar-refractivity contribution in [2.75, 3.05) is 11.9 Å². The molecule has 3 heteroatoms. The van der Waals surface area contributed by atoms with Crippen molar-refractivity contribution in [1.29, 1.82) is 0 Å². The first kappa shape index (κ1) is 16.2. The standard InChI is InChI=1S/C19H25N3/c1-4-16-9-8-11-18(19(16)20-5-2)22-14-12-15(3)17-10-6-7-13-21-17/h5-11,13,15,22H,4,12,14H2,1-3H3. The number of hydrogen-bond donors (Lipinski definition) is 1. The molecule has 22 heavy (non-hydrogen) atoms. The summed E-state index contributed by atoms with van der Waals surface area (Å²) in [6, 6.07) is 12.4. The smallest absolute Gasteiger partial charge is 0.0888 e. The lowest BCUT2D eigenvalue weighted by Crippen LogP contribution is -2.07. The van der Waals surface area contributed by atoms with E-state index >= 15 is 0 Å². The second-order valence-electron chi connectivity index (χ2n) is 5.43. The fraction of sp³-hybridized carbons (Fsp3) is 0.368. The van der Waals surface area contributed by atoms with Gasteiger partial charge in [-0.05, 0) is 43.5 Å². The summed E-state index contributed by atoms with van der Waals surface area (Å²) in [7, 11) is 0. The van der Waals surface area contributed by atoms with Gasteiger partial charge in [-0.3, -0.25) is 9.98 Å². The third kappa shape index (κ3) is 4.17. The van der Waals surface area contributed by atoms with Gasteiger partial charge < -0.3 is 5.32 Å². The van der Waals surface area contributed by atoms with E-state index in [1.807, 2.05) is 31.5 Å². The van der Waals surface area contributed by atoms with Crippen molar-refractivity contribution in [2.45, 2.75) is 39.5 Å². The van der Waals surface area contributed by atoms with Crippen LogP contribution in [0.2, 0.25) is 0 Å². The molecule has 1 N–H and O–H groups in total. The van der Waals surface area contributed by atoms with Crippen LogP contribution in [0.25, 0.3) is 0 Å². The Kier molecular flexibility index (Phi) is 6.13. The van der Waals surface area contributed by atoms with Gasteiger partial charge in [0.15, 0.2) is 0 Å². The molecule has 0 saturated heterocycles. The van der Waals surface area contributed by atoms with Crippen LogP contribution in [0.4, 0.5) is 11.4 Å². The lowest BCUT2D eigenvalue weighted by Gasteiger charge is -2.15. The molecule has 2 rings (SSSR count). The van der Waals surface area contributed by atoms with E-state index < -0.39 is 0 Å². The van der Waals surface area contributed by atoms with Crippen LogP contribution < -0.4 is 5.32 Å². The van der Waals surface area contributed by atoms with Gasteiger partial charge in [-0.1, -0.05) is 32.0 Å². The number of aryl methyl sites for hydroxylation is 1. The molecule has 1 aromatic heterocycles. The van der Waals surface area contributed by atoms with Crippen molar-refractivity contribution in [3.63, 3.8) is 0 Å². The molecule has 0 aliphatic rings. The molecule has 0 saturated carbocycles. The normalized spacial score (nSPS) is 12.5. The minimum atomic E-state index is 0.446. The molecule has 1 atom stereocenters. The summed E-state index contributed by atoms with van der Waals surface area (Å²) in [5.74, 6) is 0.446. The van der Waals surface area contributed by atoms with Crippen molar-refractivity contribution < 1.29 is 0 Å². The number of benzene rings is 1. The van der Waals surface area contributed by atoms with Crippen molar-refractivity contribution in [2.24, 2.45) is 4.99 Å². The highest BCUT2D eigenvalue weighted by Crippen LogP contribution is 2.30. The Balaban J connectivity index is 2.00. The highest BCUT2D eigenvalue weighted by molar-refractivity contribution is 5.74. The number of aromatic nitrogens is 1. The summed E-state index contributed by atoms with van der Waals surface area (Å²) in [6.07, 6.45) is 5.75. The van der Waals surface area contributed by atoms with Crippen LogP contribution >= 0.6 is 0 Å². The molecule has 1 unspecified atom stereocenters. The van der Waals surface area contributed by atoms with E-state index in [2.05, 4.69) is 53.4 Å². The Morgan fingerprint density at radius 2 is 2.09 bits per heavy atom. The van der Waals surface area contributed by atoms with Crippen LogP contribution in [0, 0.1) is 0 Å². The average molecular weight is 295 g/mol. The predicted octanol–water partition coefficient (Wildman–Crippen LogP) is 4.97. The molecule has 116 valence electrons. The first-order valence-electron chi connectivity index (χ1n) is 8.01. The van der Waals surface area contributed by atoms with Gasteiger partial charge in [0.2, 0.25) is 0 Å². The number of pyridine rings is 1. The maximum absolute atomic E-state index is 4.53. The Labute approximate surface area is 133 Å². The van der Waals surface area contributed by atoms with Crippen LogP contribution in [0.1, 0.15) is 44.4 Å². The second-order valence-corrected chi connectivity index (χ2v) is 5.43. The van der Waals surface area contributed by atoms with E-state index in [0.29, 0.717) is 5.92 Å². The molecule has 0 amide bonds. The molecule has 0 aliphatic heterocycles. The van der Waals surface area contributed by atoms with Gasteiger partial charge in [0.05, 0.1) is 11.4 Å². The average Bonchev–Trinajstić information content (AvgIpc) is 2.57. The molecular weight excluding hydrogens is 270 g/mol. The summed E-state index contributed by atoms with van der Waals surface area (Å²) < 4.78 is 0. The van der Waals surface area contributed by atoms with Gasteiger partial charge >= 0.3 is 0 Å². The molecule has 0 spiro atoms. The third-order valence-corrected chi connectivity index (χ3v) is 3.84. The van der Waals surface area contributed by atoms with Crippen LogP contribution in [-0.2, 0) is 6.42 Å². The Hall–Kier alpha value is -2.16. The van der Waals surface area contributed by atoms with Crippen LogP contribution in [0.15, 0.2) is 47.6 Å². The topological polar surface area (TPSA) is 37.3 Å². The molecule has 1 aromatic carbocycles. The zero-order valence-electron chi connectivity index (χ0n) is 13.7. The van der Waals surface area contributed by atoms with Gasteiger partial charge in [-0.2, -0.15) is 0 Å². The number of rotatable bonds is 7. The SMILES string of the molecule is CC=Nc1c(CC)cccc1NCCC(C)c1ccccn1. The van der Waals surface area contributed by atoms with Gasteiger partial charge in [-0.15, -0.1) is 0 Å². The van der Waals surface area contributed by atoms with E-state index in [1.54, 1.807) is 0 Å². The van der Waals surface area contributed by atoms with E-state index in [0.717, 1.165) is 36.5 Å². The zero-order chi connectivity index (χ0) is 15.8. The Morgan fingerprint density at radius 1 is 1.23 bits per heavy atom. The summed E-state index contributed by atoms with van der Waals surface area (Å²) in [4.78, 5) is 8.96. The second kappa shape index (κ2) is 8.32. The fourth-order valence-electron chi connectivity index (χ4n) is 2.54. The van der Waals surface area contributed by atoms with Crippen molar-refractivity contribution in [3.05, 3.63) is 53.9 Å². The molecule has 2 aromatic rings. The monoisotopic (exact) mass is 295 g/mol. The Morgan fingerprint density at radius 3 is 2.77 bits per heavy atom. The molecule has 0 fully saturated rings. The number of nitrogens with zero attached hydrogens (tertiary/aromatic N) is 2. The highest BCUT2D eigenvalue weighted by Gasteiger charge is 2.08. The minimum absolute atomic E-state index is 0.446. The highest BCUT2D eigenvalue weighted by atomic mass is 14.9. The maximum atomic E-state index is 4.53. The molecule has 1 heterocycles. The molecule has 3 nitrogen and oxygen atoms in total. The molecule has 0 radical (unpaired) electrons. The summed E-state index contributed by atoms with van der Waals surface area (Å²) >= 11 is 0. The van der Waals surface area contributed by atoms with Crippen LogP contribution in [0.3, 0.4) is 0 Å². The van der Waals surface area contributed by atoms with E-state index in [-0.39, 0.29) is 0 Å². The Bertz CT molecular complexity index is 605. The summed E-state index contributed by atoms with van der Waals surface area (Å²) in [6.45, 7) is 7.25. The quantitative estimate of drug-likeness (QED) is 0.732. The number of anilines is 1. The molecule has 0 aliphatic carbocycles. The van der Waals surface area contributed by atoms with Crippen molar-refractivity contribution in [1.82, 2.24) is 4.98 Å². The van der Waals surface area contributed by atoms with Gasteiger partial charge in [0.1, 0.15) is 0 Å². The van der Waals surface area contributed by atoms with Crippen LogP contribution in [0.5, 0.6) is 0 Å². The predicted molar refractivity (Wildman–Crippen MR) is 95.4 cm³/mol. The van der Waals surface area contributed by atoms with Crippen molar-refractivity contribution >= 4 is 17.6 Å². The molecule has 0 bridgehead atoms. The van der Waals surface area contributed by atoms with Crippen LogP contribution in [-0.4, -0.2) is 17.7 Å². The van der Waals surface area contributed by atoms with E-state index in [1.165, 1.54) is 5.56 Å². The fourth-order valence-corrected chi connectivity index (χ4v) is 2.54. The number of aliphatic imine (C=N–C) groups is 1. The largest absolute Gasteiger partial charge is 0.383 e. The number of para-hydroxylation sites is 1. The van der Waals surface area contributed by atoms with E-state index in [4.69, 9.17) is 0 Å². The summed E-state index contributed by atoms with van der Waals surface area (Å²) in [5.41, 5.74) is 4.61. The lowest BCUT2D eigenvalue weighted by atomic mass is 10.0. The number of nitrogens with one attached hydrogen (secondary N) is 1. The van der Waals surface area contributed by atoms with Crippen molar-refractivity contribution in [3.8, 4) is 0 Å².